The summed E-state index contributed by atoms with van der Waals surface area (Å²) in [5.74, 6) is 0. The molecule has 5 nitrogen and oxygen atoms in total. The van der Waals surface area contributed by atoms with Crippen molar-refractivity contribution >= 4 is 15.7 Å². The molecule has 0 saturated heterocycles. The van der Waals surface area contributed by atoms with E-state index in [-0.39, 0.29) is 11.4 Å². The van der Waals surface area contributed by atoms with Crippen molar-refractivity contribution in [1.29, 1.82) is 0 Å². The largest absolute Gasteiger partial charge is 0.394 e. The first-order chi connectivity index (χ1) is 10.4. The molecular formula is C16H19NO4S. The smallest absolute Gasteiger partial charge is 0.264 e. The topological polar surface area (TPSA) is 77.8 Å². The third-order valence-corrected chi connectivity index (χ3v) is 5.05. The standard InChI is InChI=1S/C16H19NO4S/c1-13-7-9-16(10-8-13)22(20,21)17(11-15(19)12-18)14-5-3-2-4-6-14/h2-10,15,18-19H,11-12H2,1H3. The van der Waals surface area contributed by atoms with Gasteiger partial charge in [-0.3, -0.25) is 4.31 Å². The fourth-order valence-corrected chi connectivity index (χ4v) is 3.53. The zero-order valence-electron chi connectivity index (χ0n) is 12.3. The Morgan fingerprint density at radius 1 is 1.05 bits per heavy atom. The maximum Gasteiger partial charge on any atom is 0.264 e. The first-order valence-electron chi connectivity index (χ1n) is 6.88. The molecular weight excluding hydrogens is 302 g/mol. The number of hydrogen-bond acceptors (Lipinski definition) is 4. The molecule has 0 heterocycles. The van der Waals surface area contributed by atoms with E-state index in [2.05, 4.69) is 0 Å². The van der Waals surface area contributed by atoms with Crippen LogP contribution in [0.2, 0.25) is 0 Å². The number of nitrogens with zero attached hydrogens (tertiary/aromatic N) is 1. The molecule has 6 heteroatoms. The van der Waals surface area contributed by atoms with Crippen molar-refractivity contribution in [1.82, 2.24) is 0 Å². The van der Waals surface area contributed by atoms with Gasteiger partial charge in [0.1, 0.15) is 0 Å². The first-order valence-corrected chi connectivity index (χ1v) is 8.32. The molecule has 2 aromatic carbocycles. The highest BCUT2D eigenvalue weighted by Crippen LogP contribution is 2.24. The van der Waals surface area contributed by atoms with Gasteiger partial charge in [-0.2, -0.15) is 0 Å². The van der Waals surface area contributed by atoms with Gasteiger partial charge < -0.3 is 10.2 Å². The van der Waals surface area contributed by atoms with Gasteiger partial charge in [-0.15, -0.1) is 0 Å². The second-order valence-electron chi connectivity index (χ2n) is 5.02. The van der Waals surface area contributed by atoms with E-state index in [1.165, 1.54) is 12.1 Å². The van der Waals surface area contributed by atoms with Gasteiger partial charge in [-0.1, -0.05) is 35.9 Å². The molecule has 0 aliphatic carbocycles. The minimum absolute atomic E-state index is 0.145. The second-order valence-corrected chi connectivity index (χ2v) is 6.88. The molecule has 22 heavy (non-hydrogen) atoms. The van der Waals surface area contributed by atoms with Crippen LogP contribution in [0.25, 0.3) is 0 Å². The summed E-state index contributed by atoms with van der Waals surface area (Å²) in [7, 11) is -3.81. The number of para-hydroxylation sites is 1. The summed E-state index contributed by atoms with van der Waals surface area (Å²) in [6.07, 6.45) is -1.15. The van der Waals surface area contributed by atoms with Gasteiger partial charge >= 0.3 is 0 Å². The second kappa shape index (κ2) is 6.91. The molecule has 0 aromatic heterocycles. The Morgan fingerprint density at radius 2 is 1.64 bits per heavy atom. The molecule has 1 atom stereocenters. The third kappa shape index (κ3) is 3.65. The molecule has 0 fully saturated rings. The lowest BCUT2D eigenvalue weighted by Crippen LogP contribution is -2.39. The monoisotopic (exact) mass is 321 g/mol. The van der Waals surface area contributed by atoms with Crippen LogP contribution >= 0.6 is 0 Å². The van der Waals surface area contributed by atoms with Crippen molar-refractivity contribution in [2.45, 2.75) is 17.9 Å². The maximum absolute atomic E-state index is 12.8. The van der Waals surface area contributed by atoms with Crippen LogP contribution in [-0.4, -0.2) is 37.9 Å². The molecule has 1 unspecified atom stereocenters. The van der Waals surface area contributed by atoms with E-state index in [0.29, 0.717) is 5.69 Å². The minimum Gasteiger partial charge on any atom is -0.394 e. The molecule has 0 radical (unpaired) electrons. The Morgan fingerprint density at radius 3 is 2.18 bits per heavy atom. The highest BCUT2D eigenvalue weighted by Gasteiger charge is 2.26. The maximum atomic E-state index is 12.8. The normalized spacial score (nSPS) is 12.9. The van der Waals surface area contributed by atoms with E-state index in [4.69, 9.17) is 5.11 Å². The molecule has 0 aliphatic heterocycles. The number of aryl methyl sites for hydroxylation is 1. The minimum atomic E-state index is -3.81. The number of rotatable bonds is 6. The molecule has 118 valence electrons. The molecule has 2 N–H and O–H groups in total. The van der Waals surface area contributed by atoms with Crippen LogP contribution in [0.5, 0.6) is 0 Å². The molecule has 0 amide bonds. The summed E-state index contributed by atoms with van der Waals surface area (Å²) in [5, 5.41) is 18.7. The molecule has 0 spiro atoms. The summed E-state index contributed by atoms with van der Waals surface area (Å²) >= 11 is 0. The molecule has 2 aromatic rings. The predicted molar refractivity (Wildman–Crippen MR) is 85.2 cm³/mol. The van der Waals surface area contributed by atoms with Crippen molar-refractivity contribution in [3.63, 3.8) is 0 Å². The number of aliphatic hydroxyl groups is 2. The van der Waals surface area contributed by atoms with Crippen molar-refractivity contribution < 1.29 is 18.6 Å². The molecule has 0 saturated carbocycles. The Kier molecular flexibility index (Phi) is 5.18. The van der Waals surface area contributed by atoms with Crippen LogP contribution in [0, 0.1) is 6.92 Å². The van der Waals surface area contributed by atoms with Crippen LogP contribution in [0.3, 0.4) is 0 Å². The summed E-state index contributed by atoms with van der Waals surface area (Å²) in [6, 6.07) is 15.0. The molecule has 0 bridgehead atoms. The predicted octanol–water partition coefficient (Wildman–Crippen LogP) is 1.54. The Hall–Kier alpha value is -1.89. The van der Waals surface area contributed by atoms with E-state index in [1.807, 2.05) is 6.92 Å². The number of anilines is 1. The van der Waals surface area contributed by atoms with Crippen LogP contribution in [-0.2, 0) is 10.0 Å². The van der Waals surface area contributed by atoms with Gasteiger partial charge in [0, 0.05) is 0 Å². The SMILES string of the molecule is Cc1ccc(S(=O)(=O)N(CC(O)CO)c2ccccc2)cc1. The van der Waals surface area contributed by atoms with E-state index < -0.39 is 22.7 Å². The molecule has 0 aliphatic rings. The first kappa shape index (κ1) is 16.5. The lowest BCUT2D eigenvalue weighted by molar-refractivity contribution is 0.102. The summed E-state index contributed by atoms with van der Waals surface area (Å²) < 4.78 is 26.8. The van der Waals surface area contributed by atoms with Crippen LogP contribution in [0.1, 0.15) is 5.56 Å². The van der Waals surface area contributed by atoms with E-state index in [0.717, 1.165) is 9.87 Å². The van der Waals surface area contributed by atoms with Crippen molar-refractivity contribution in [3.05, 3.63) is 60.2 Å². The number of sulfonamides is 1. The zero-order valence-corrected chi connectivity index (χ0v) is 13.1. The van der Waals surface area contributed by atoms with Gasteiger partial charge in [0.25, 0.3) is 10.0 Å². The lowest BCUT2D eigenvalue weighted by atomic mass is 10.2. The van der Waals surface area contributed by atoms with Crippen LogP contribution in [0.15, 0.2) is 59.5 Å². The quantitative estimate of drug-likeness (QED) is 0.846. The average Bonchev–Trinajstić information content (AvgIpc) is 2.53. The average molecular weight is 321 g/mol. The molecule has 2 rings (SSSR count). The van der Waals surface area contributed by atoms with Crippen LogP contribution < -0.4 is 4.31 Å². The summed E-state index contributed by atoms with van der Waals surface area (Å²) in [4.78, 5) is 0.145. The fraction of sp³-hybridized carbons (Fsp3) is 0.250. The summed E-state index contributed by atoms with van der Waals surface area (Å²) in [5.41, 5.74) is 1.40. The van der Waals surface area contributed by atoms with Gasteiger partial charge in [-0.05, 0) is 31.2 Å². The van der Waals surface area contributed by atoms with E-state index >= 15 is 0 Å². The van der Waals surface area contributed by atoms with Gasteiger partial charge in [0.05, 0.1) is 29.8 Å². The van der Waals surface area contributed by atoms with Gasteiger partial charge in [-0.25, -0.2) is 8.42 Å². The fourth-order valence-electron chi connectivity index (χ4n) is 2.02. The zero-order chi connectivity index (χ0) is 16.2. The Labute approximate surface area is 130 Å². The number of hydrogen-bond donors (Lipinski definition) is 2. The highest BCUT2D eigenvalue weighted by molar-refractivity contribution is 7.92. The van der Waals surface area contributed by atoms with E-state index in [1.54, 1.807) is 42.5 Å². The number of aliphatic hydroxyl groups excluding tert-OH is 2. The van der Waals surface area contributed by atoms with Gasteiger partial charge in [0.15, 0.2) is 0 Å². The van der Waals surface area contributed by atoms with Crippen LogP contribution in [0.4, 0.5) is 5.69 Å². The Balaban J connectivity index is 2.45. The van der Waals surface area contributed by atoms with E-state index in [9.17, 15) is 13.5 Å². The van der Waals surface area contributed by atoms with Crippen molar-refractivity contribution in [2.24, 2.45) is 0 Å². The lowest BCUT2D eigenvalue weighted by Gasteiger charge is -2.26. The highest BCUT2D eigenvalue weighted by atomic mass is 32.2. The van der Waals surface area contributed by atoms with Crippen molar-refractivity contribution in [2.75, 3.05) is 17.5 Å². The number of benzene rings is 2. The third-order valence-electron chi connectivity index (χ3n) is 3.24. The van der Waals surface area contributed by atoms with Gasteiger partial charge in [0.2, 0.25) is 0 Å². The summed E-state index contributed by atoms with van der Waals surface area (Å²) in [6.45, 7) is 1.16. The van der Waals surface area contributed by atoms with Crippen molar-refractivity contribution in [3.8, 4) is 0 Å². The Bertz CT molecular complexity index is 699.